The first-order chi connectivity index (χ1) is 20.3. The number of anilines is 2. The van der Waals surface area contributed by atoms with Crippen LogP contribution in [0.25, 0.3) is 0 Å². The van der Waals surface area contributed by atoms with E-state index in [1.54, 1.807) is 4.90 Å². The third-order valence-electron chi connectivity index (χ3n) is 7.06. The summed E-state index contributed by atoms with van der Waals surface area (Å²) in [6.07, 6.45) is 4.32. The maximum Gasteiger partial charge on any atom is 0.274 e. The van der Waals surface area contributed by atoms with Crippen LogP contribution < -0.4 is 15.1 Å². The maximum atomic E-state index is 12.7. The fourth-order valence-electron chi connectivity index (χ4n) is 4.84. The minimum Gasteiger partial charge on any atom is -0.379 e. The van der Waals surface area contributed by atoms with Crippen molar-refractivity contribution in [2.45, 2.75) is 23.6 Å². The molecule has 6 rings (SSSR count). The van der Waals surface area contributed by atoms with Crippen LogP contribution in [0.1, 0.15) is 19.3 Å². The lowest BCUT2D eigenvalue weighted by Gasteiger charge is -2.35. The predicted molar refractivity (Wildman–Crippen MR) is 185 cm³/mol. The highest BCUT2D eigenvalue weighted by molar-refractivity contribution is 14.1. The average molecular weight is 841 g/mol. The fourth-order valence-corrected chi connectivity index (χ4v) is 6.03. The first kappa shape index (κ1) is 33.7. The summed E-state index contributed by atoms with van der Waals surface area (Å²) in [5.41, 5.74) is 2.67. The van der Waals surface area contributed by atoms with E-state index in [1.165, 1.54) is 3.57 Å². The molecule has 2 aromatic carbocycles. The number of amides is 2. The minimum atomic E-state index is -1.26. The Labute approximate surface area is 285 Å². The van der Waals surface area contributed by atoms with Crippen molar-refractivity contribution in [1.29, 1.82) is 0 Å². The van der Waals surface area contributed by atoms with Gasteiger partial charge in [-0.1, -0.05) is 29.3 Å². The Kier molecular flexibility index (Phi) is 13.5. The Hall–Kier alpha value is -1.16. The topological polar surface area (TPSA) is 74.3 Å². The lowest BCUT2D eigenvalue weighted by molar-refractivity contribution is -0.120. The first-order valence-corrected chi connectivity index (χ1v) is 17.0. The molecule has 2 aromatic rings. The summed E-state index contributed by atoms with van der Waals surface area (Å²) in [5.74, 6) is -0.109. The molecule has 0 spiro atoms. The van der Waals surface area contributed by atoms with Crippen LogP contribution >= 0.6 is 68.4 Å². The number of piperidine rings is 1. The second kappa shape index (κ2) is 16.8. The largest absolute Gasteiger partial charge is 0.379 e. The summed E-state index contributed by atoms with van der Waals surface area (Å²) in [7, 11) is 0. The van der Waals surface area contributed by atoms with Crippen molar-refractivity contribution in [2.24, 2.45) is 0 Å². The van der Waals surface area contributed by atoms with Crippen LogP contribution in [0.3, 0.4) is 0 Å². The highest BCUT2D eigenvalue weighted by Crippen LogP contribution is 2.35. The number of nitrogens with zero attached hydrogens (tertiary/aromatic N) is 3. The zero-order chi connectivity index (χ0) is 30.0. The van der Waals surface area contributed by atoms with Gasteiger partial charge in [0.15, 0.2) is 4.33 Å². The molecule has 4 aliphatic rings. The van der Waals surface area contributed by atoms with Gasteiger partial charge in [-0.05, 0) is 113 Å². The summed E-state index contributed by atoms with van der Waals surface area (Å²) in [5, 5.41) is 3.16. The van der Waals surface area contributed by atoms with Gasteiger partial charge in [0, 0.05) is 57.8 Å². The molecule has 0 radical (unpaired) electrons. The van der Waals surface area contributed by atoms with E-state index in [9.17, 15) is 9.59 Å². The standard InChI is InChI=1S/C15H17IN2O2.C11H10Cl2INO.C4H9NO/c16-12-3-5-13(6-4-12)18-7-1-2-14(15(18)19)17-8-10-20-11-9-17;12-11(13)6-1-7-15(10(11)16)9-4-2-8(14)3-5-9;1-3-6-4-2-5-1/h2-6H,1,7-11H2;2-5H,1,6-7H2;5H,1-4H2. The van der Waals surface area contributed by atoms with Crippen molar-refractivity contribution in [3.8, 4) is 0 Å². The van der Waals surface area contributed by atoms with E-state index in [0.717, 1.165) is 79.4 Å². The summed E-state index contributed by atoms with van der Waals surface area (Å²) in [4.78, 5) is 30.3. The summed E-state index contributed by atoms with van der Waals surface area (Å²) >= 11 is 16.4. The number of ether oxygens (including phenoxy) is 2. The molecule has 3 fully saturated rings. The van der Waals surface area contributed by atoms with Gasteiger partial charge in [0.05, 0.1) is 32.1 Å². The van der Waals surface area contributed by atoms with Gasteiger partial charge in [0.25, 0.3) is 11.8 Å². The van der Waals surface area contributed by atoms with Crippen LogP contribution in [0.2, 0.25) is 0 Å². The molecule has 0 aromatic heterocycles. The Morgan fingerprint density at radius 3 is 1.81 bits per heavy atom. The van der Waals surface area contributed by atoms with Crippen LogP contribution in [0.5, 0.6) is 0 Å². The molecule has 42 heavy (non-hydrogen) atoms. The molecule has 0 aliphatic carbocycles. The lowest BCUT2D eigenvalue weighted by Crippen LogP contribution is -2.47. The highest BCUT2D eigenvalue weighted by atomic mass is 127. The van der Waals surface area contributed by atoms with Crippen LogP contribution in [0.15, 0.2) is 60.3 Å². The third kappa shape index (κ3) is 9.67. The number of carbonyl (C=O) groups is 2. The lowest BCUT2D eigenvalue weighted by atomic mass is 10.1. The van der Waals surface area contributed by atoms with Crippen LogP contribution in [-0.4, -0.2) is 86.7 Å². The smallest absolute Gasteiger partial charge is 0.274 e. The van der Waals surface area contributed by atoms with Gasteiger partial charge in [-0.25, -0.2) is 0 Å². The number of nitrogens with one attached hydrogen (secondary N) is 1. The van der Waals surface area contributed by atoms with Crippen LogP contribution in [-0.2, 0) is 19.1 Å². The number of benzene rings is 2. The minimum absolute atomic E-state index is 0.111. The van der Waals surface area contributed by atoms with E-state index in [0.29, 0.717) is 26.2 Å². The number of rotatable bonds is 3. The van der Waals surface area contributed by atoms with E-state index in [1.807, 2.05) is 53.4 Å². The average Bonchev–Trinajstić information content (AvgIpc) is 3.02. The number of hydrogen-bond donors (Lipinski definition) is 1. The van der Waals surface area contributed by atoms with Crippen molar-refractivity contribution in [1.82, 2.24) is 10.2 Å². The molecule has 0 bridgehead atoms. The quantitative estimate of drug-likeness (QED) is 0.328. The number of morpholine rings is 2. The summed E-state index contributed by atoms with van der Waals surface area (Å²) < 4.78 is 11.4. The van der Waals surface area contributed by atoms with Gasteiger partial charge in [-0.2, -0.15) is 0 Å². The van der Waals surface area contributed by atoms with Crippen molar-refractivity contribution < 1.29 is 19.1 Å². The van der Waals surface area contributed by atoms with Gasteiger partial charge < -0.3 is 29.5 Å². The molecule has 12 heteroatoms. The molecule has 228 valence electrons. The summed E-state index contributed by atoms with van der Waals surface area (Å²) in [6.45, 7) is 8.28. The molecule has 0 unspecified atom stereocenters. The molecule has 4 heterocycles. The van der Waals surface area contributed by atoms with E-state index in [2.05, 4.69) is 61.5 Å². The van der Waals surface area contributed by atoms with Crippen molar-refractivity contribution in [2.75, 3.05) is 75.5 Å². The first-order valence-electron chi connectivity index (χ1n) is 14.1. The normalized spacial score (nSPS) is 20.6. The molecular weight excluding hydrogens is 805 g/mol. The van der Waals surface area contributed by atoms with Gasteiger partial charge in [0.2, 0.25) is 0 Å². The summed E-state index contributed by atoms with van der Waals surface area (Å²) in [6, 6.07) is 15.9. The van der Waals surface area contributed by atoms with Gasteiger partial charge >= 0.3 is 0 Å². The fraction of sp³-hybridized carbons (Fsp3) is 0.467. The van der Waals surface area contributed by atoms with Gasteiger partial charge in [-0.15, -0.1) is 0 Å². The number of alkyl halides is 2. The number of halogens is 4. The second-order valence-electron chi connectivity index (χ2n) is 10.0. The molecular formula is C30H36Cl2I2N4O4. The Morgan fingerprint density at radius 2 is 1.29 bits per heavy atom. The van der Waals surface area contributed by atoms with Crippen LogP contribution in [0, 0.1) is 7.14 Å². The number of carbonyl (C=O) groups excluding carboxylic acids is 2. The SMILES string of the molecule is C1COCCN1.O=C1C(N2CCOCC2)=CCCN1c1ccc(I)cc1.O=C1N(c2ccc(I)cc2)CCCC1(Cl)Cl. The van der Waals surface area contributed by atoms with Crippen molar-refractivity contribution in [3.05, 3.63) is 67.4 Å². The predicted octanol–water partition coefficient (Wildman–Crippen LogP) is 5.44. The Morgan fingerprint density at radius 1 is 0.738 bits per heavy atom. The Bertz CT molecular complexity index is 1190. The molecule has 0 atom stereocenters. The third-order valence-corrected chi connectivity index (χ3v) is 9.20. The molecule has 1 N–H and O–H groups in total. The van der Waals surface area contributed by atoms with E-state index >= 15 is 0 Å². The van der Waals surface area contributed by atoms with Crippen molar-refractivity contribution in [3.63, 3.8) is 0 Å². The maximum absolute atomic E-state index is 12.7. The molecule has 4 aliphatic heterocycles. The molecule has 2 amide bonds. The number of hydrogen-bond acceptors (Lipinski definition) is 6. The van der Waals surface area contributed by atoms with Crippen molar-refractivity contribution >= 4 is 91.6 Å². The zero-order valence-electron chi connectivity index (χ0n) is 23.4. The molecule has 3 saturated heterocycles. The van der Waals surface area contributed by atoms with Gasteiger partial charge in [-0.3, -0.25) is 9.59 Å². The monoisotopic (exact) mass is 840 g/mol. The van der Waals surface area contributed by atoms with E-state index in [-0.39, 0.29) is 11.8 Å². The highest BCUT2D eigenvalue weighted by Gasteiger charge is 2.41. The zero-order valence-corrected chi connectivity index (χ0v) is 29.2. The van der Waals surface area contributed by atoms with E-state index in [4.69, 9.17) is 32.7 Å². The molecule has 0 saturated carbocycles. The van der Waals surface area contributed by atoms with E-state index < -0.39 is 4.33 Å². The van der Waals surface area contributed by atoms with Crippen LogP contribution in [0.4, 0.5) is 11.4 Å². The molecule has 8 nitrogen and oxygen atoms in total. The van der Waals surface area contributed by atoms with Gasteiger partial charge in [0.1, 0.15) is 0 Å². The Balaban J connectivity index is 0.000000164. The second-order valence-corrected chi connectivity index (χ2v) is 14.0.